The summed E-state index contributed by atoms with van der Waals surface area (Å²) in [6, 6.07) is 0.543. The maximum atomic E-state index is 13.0. The monoisotopic (exact) mass is 295 g/mol. The molecule has 0 aromatic rings. The van der Waals surface area contributed by atoms with Crippen LogP contribution in [0.1, 0.15) is 52.4 Å². The van der Waals surface area contributed by atoms with Crippen LogP contribution in [0.5, 0.6) is 0 Å². The van der Waals surface area contributed by atoms with Crippen LogP contribution in [0.15, 0.2) is 0 Å². The lowest BCUT2D eigenvalue weighted by Gasteiger charge is -2.40. The summed E-state index contributed by atoms with van der Waals surface area (Å²) >= 11 is 0. The van der Waals surface area contributed by atoms with Gasteiger partial charge in [-0.25, -0.2) is 0 Å². The van der Waals surface area contributed by atoms with Crippen LogP contribution in [-0.4, -0.2) is 55.0 Å². The molecule has 1 amide bonds. The summed E-state index contributed by atoms with van der Waals surface area (Å²) in [5, 5.41) is 0. The Morgan fingerprint density at radius 1 is 1.33 bits per heavy atom. The zero-order chi connectivity index (χ0) is 15.5. The van der Waals surface area contributed by atoms with Gasteiger partial charge in [-0.05, 0) is 57.5 Å². The lowest BCUT2D eigenvalue weighted by atomic mass is 9.70. The summed E-state index contributed by atoms with van der Waals surface area (Å²) in [6.07, 6.45) is 6.70. The third kappa shape index (κ3) is 3.59. The largest absolute Gasteiger partial charge is 0.344 e. The second-order valence-electron chi connectivity index (χ2n) is 7.28. The number of rotatable bonds is 5. The Labute approximate surface area is 130 Å². The van der Waals surface area contributed by atoms with Crippen molar-refractivity contribution in [3.05, 3.63) is 0 Å². The number of nitrogens with zero attached hydrogens (tertiary/aromatic N) is 2. The van der Waals surface area contributed by atoms with Crippen molar-refractivity contribution in [1.82, 2.24) is 9.80 Å². The van der Waals surface area contributed by atoms with Crippen LogP contribution < -0.4 is 5.73 Å². The van der Waals surface area contributed by atoms with Crippen LogP contribution in [0.4, 0.5) is 0 Å². The Kier molecular flexibility index (Phi) is 5.67. The molecule has 21 heavy (non-hydrogen) atoms. The van der Waals surface area contributed by atoms with Crippen molar-refractivity contribution in [2.75, 3.05) is 33.2 Å². The minimum Gasteiger partial charge on any atom is -0.344 e. The van der Waals surface area contributed by atoms with Gasteiger partial charge in [0.15, 0.2) is 0 Å². The highest BCUT2D eigenvalue weighted by Crippen LogP contribution is 2.39. The van der Waals surface area contributed by atoms with Crippen LogP contribution in [0.3, 0.4) is 0 Å². The molecule has 1 aliphatic carbocycles. The molecule has 2 N–H and O–H groups in total. The first-order valence-electron chi connectivity index (χ1n) is 8.72. The van der Waals surface area contributed by atoms with Gasteiger partial charge in [-0.3, -0.25) is 9.69 Å². The highest BCUT2D eigenvalue weighted by molar-refractivity contribution is 5.83. The van der Waals surface area contributed by atoms with Crippen molar-refractivity contribution < 1.29 is 4.79 Å². The molecule has 122 valence electrons. The fourth-order valence-corrected chi connectivity index (χ4v) is 4.14. The highest BCUT2D eigenvalue weighted by atomic mass is 16.2. The summed E-state index contributed by atoms with van der Waals surface area (Å²) < 4.78 is 0. The van der Waals surface area contributed by atoms with Gasteiger partial charge in [0, 0.05) is 26.2 Å². The molecule has 0 bridgehead atoms. The van der Waals surface area contributed by atoms with Crippen molar-refractivity contribution in [2.45, 2.75) is 58.4 Å². The molecule has 1 unspecified atom stereocenters. The van der Waals surface area contributed by atoms with Gasteiger partial charge in [-0.1, -0.05) is 13.8 Å². The average molecular weight is 295 g/mol. The lowest BCUT2D eigenvalue weighted by Crippen LogP contribution is -2.51. The maximum absolute atomic E-state index is 13.0. The van der Waals surface area contributed by atoms with Crippen LogP contribution >= 0.6 is 0 Å². The number of hydrogen-bond donors (Lipinski definition) is 1. The van der Waals surface area contributed by atoms with Gasteiger partial charge in [0.25, 0.3) is 0 Å². The molecular weight excluding hydrogens is 262 g/mol. The number of nitrogens with two attached hydrogens (primary N) is 1. The number of carbonyl (C=O) groups is 1. The quantitative estimate of drug-likeness (QED) is 0.845. The summed E-state index contributed by atoms with van der Waals surface area (Å²) in [5.74, 6) is 1.04. The Hall–Kier alpha value is -0.610. The van der Waals surface area contributed by atoms with E-state index in [0.29, 0.717) is 18.5 Å². The van der Waals surface area contributed by atoms with E-state index in [1.165, 1.54) is 19.4 Å². The van der Waals surface area contributed by atoms with E-state index in [2.05, 4.69) is 18.7 Å². The highest BCUT2D eigenvalue weighted by Gasteiger charge is 2.42. The predicted octanol–water partition coefficient (Wildman–Crippen LogP) is 2.08. The van der Waals surface area contributed by atoms with E-state index in [0.717, 1.165) is 44.7 Å². The maximum Gasteiger partial charge on any atom is 0.229 e. The normalized spacial score (nSPS) is 34.1. The fourth-order valence-electron chi connectivity index (χ4n) is 4.14. The summed E-state index contributed by atoms with van der Waals surface area (Å²) in [5.41, 5.74) is 5.75. The summed E-state index contributed by atoms with van der Waals surface area (Å²) in [4.78, 5) is 17.4. The van der Waals surface area contributed by atoms with E-state index >= 15 is 0 Å². The van der Waals surface area contributed by atoms with Crippen LogP contribution in [0, 0.1) is 11.3 Å². The number of likely N-dealkylation sites (tertiary alicyclic amines) is 1. The molecule has 1 saturated carbocycles. The SMILES string of the molecule is CCN1CCCC1CN(C)C(=O)C1(CN)CCC(C)CC1. The molecule has 0 aromatic carbocycles. The van der Waals surface area contributed by atoms with E-state index in [1.807, 2.05) is 11.9 Å². The standard InChI is InChI=1S/C17H33N3O/c1-4-20-11-5-6-15(20)12-19(3)16(21)17(13-18)9-7-14(2)8-10-17/h14-15H,4-13,18H2,1-3H3. The molecule has 1 heterocycles. The molecule has 1 aliphatic heterocycles. The number of carbonyl (C=O) groups excluding carboxylic acids is 1. The van der Waals surface area contributed by atoms with Crippen molar-refractivity contribution in [1.29, 1.82) is 0 Å². The van der Waals surface area contributed by atoms with Crippen molar-refractivity contribution in [3.8, 4) is 0 Å². The molecule has 2 aliphatic rings. The first-order chi connectivity index (χ1) is 10.0. The topological polar surface area (TPSA) is 49.6 Å². The molecular formula is C17H33N3O. The zero-order valence-electron chi connectivity index (χ0n) is 14.1. The predicted molar refractivity (Wildman–Crippen MR) is 87.0 cm³/mol. The van der Waals surface area contributed by atoms with Crippen molar-refractivity contribution >= 4 is 5.91 Å². The summed E-state index contributed by atoms with van der Waals surface area (Å²) in [6.45, 7) is 8.14. The van der Waals surface area contributed by atoms with Crippen molar-refractivity contribution in [2.24, 2.45) is 17.1 Å². The first kappa shape index (κ1) is 16.8. The molecule has 1 saturated heterocycles. The Balaban J connectivity index is 1.97. The molecule has 4 nitrogen and oxygen atoms in total. The van der Waals surface area contributed by atoms with E-state index < -0.39 is 0 Å². The Morgan fingerprint density at radius 3 is 2.57 bits per heavy atom. The van der Waals surface area contributed by atoms with Gasteiger partial charge in [-0.2, -0.15) is 0 Å². The first-order valence-corrected chi connectivity index (χ1v) is 8.72. The van der Waals surface area contributed by atoms with Gasteiger partial charge < -0.3 is 10.6 Å². The minimum atomic E-state index is -0.281. The molecule has 2 fully saturated rings. The third-order valence-corrected chi connectivity index (χ3v) is 5.81. The lowest BCUT2D eigenvalue weighted by molar-refractivity contribution is -0.143. The van der Waals surface area contributed by atoms with E-state index in [4.69, 9.17) is 5.73 Å². The van der Waals surface area contributed by atoms with Gasteiger partial charge >= 0.3 is 0 Å². The molecule has 4 heteroatoms. The number of amides is 1. The average Bonchev–Trinajstić information content (AvgIpc) is 2.95. The van der Waals surface area contributed by atoms with Gasteiger partial charge in [0.1, 0.15) is 0 Å². The third-order valence-electron chi connectivity index (χ3n) is 5.81. The second kappa shape index (κ2) is 7.10. The number of likely N-dealkylation sites (N-methyl/N-ethyl adjacent to an activating group) is 2. The fraction of sp³-hybridized carbons (Fsp3) is 0.941. The molecule has 0 spiro atoms. The van der Waals surface area contributed by atoms with Crippen LogP contribution in [-0.2, 0) is 4.79 Å². The number of hydrogen-bond acceptors (Lipinski definition) is 3. The van der Waals surface area contributed by atoms with E-state index in [1.54, 1.807) is 0 Å². The second-order valence-corrected chi connectivity index (χ2v) is 7.28. The smallest absolute Gasteiger partial charge is 0.229 e. The molecule has 0 aromatic heterocycles. The van der Waals surface area contributed by atoms with E-state index in [9.17, 15) is 4.79 Å². The molecule has 0 radical (unpaired) electrons. The van der Waals surface area contributed by atoms with E-state index in [-0.39, 0.29) is 5.41 Å². The molecule has 2 rings (SSSR count). The van der Waals surface area contributed by atoms with Crippen molar-refractivity contribution in [3.63, 3.8) is 0 Å². The van der Waals surface area contributed by atoms with Gasteiger partial charge in [0.05, 0.1) is 5.41 Å². The van der Waals surface area contributed by atoms with Gasteiger partial charge in [0.2, 0.25) is 5.91 Å². The zero-order valence-corrected chi connectivity index (χ0v) is 14.1. The Bertz CT molecular complexity index is 350. The van der Waals surface area contributed by atoms with Crippen LogP contribution in [0.25, 0.3) is 0 Å². The van der Waals surface area contributed by atoms with Crippen LogP contribution in [0.2, 0.25) is 0 Å². The summed E-state index contributed by atoms with van der Waals surface area (Å²) in [7, 11) is 1.98. The Morgan fingerprint density at radius 2 is 2.00 bits per heavy atom. The minimum absolute atomic E-state index is 0.281. The van der Waals surface area contributed by atoms with Gasteiger partial charge in [-0.15, -0.1) is 0 Å². The molecule has 1 atom stereocenters.